The van der Waals surface area contributed by atoms with Gasteiger partial charge in [0.25, 0.3) is 0 Å². The van der Waals surface area contributed by atoms with Gasteiger partial charge in [0.2, 0.25) is 5.91 Å². The molecule has 0 radical (unpaired) electrons. The van der Waals surface area contributed by atoms with E-state index < -0.39 is 0 Å². The van der Waals surface area contributed by atoms with E-state index in [4.69, 9.17) is 5.73 Å². The second-order valence-corrected chi connectivity index (χ2v) is 8.88. The van der Waals surface area contributed by atoms with E-state index in [1.54, 1.807) is 7.05 Å². The molecule has 1 aromatic heterocycles. The molecule has 2 aliphatic rings. The lowest BCUT2D eigenvalue weighted by atomic mass is 9.96. The summed E-state index contributed by atoms with van der Waals surface area (Å²) in [6, 6.07) is 4.06. The van der Waals surface area contributed by atoms with Gasteiger partial charge in [0, 0.05) is 50.9 Å². The standard InChI is InChI=1S/C23H39N7O.HI/c1-18-6-13-29(14-7-18)12-4-11-27-23(25-2)28-17-20-5-3-10-26-22(20)30-15-8-19(9-16-30)21(24)31;/h3,5,10,18-19H,4,6-9,11-17H2,1-2H3,(H2,24,31)(H2,25,27,28);1H. The van der Waals surface area contributed by atoms with Crippen molar-refractivity contribution >= 4 is 41.7 Å². The molecule has 4 N–H and O–H groups in total. The topological polar surface area (TPSA) is 98.9 Å². The van der Waals surface area contributed by atoms with Crippen LogP contribution >= 0.6 is 24.0 Å². The second kappa shape index (κ2) is 13.8. The molecule has 0 spiro atoms. The van der Waals surface area contributed by atoms with Gasteiger partial charge in [0.15, 0.2) is 5.96 Å². The number of rotatable bonds is 8. The summed E-state index contributed by atoms with van der Waals surface area (Å²) in [5.74, 6) is 2.47. The maximum Gasteiger partial charge on any atom is 0.220 e. The average molecular weight is 558 g/mol. The normalized spacial score (nSPS) is 18.8. The lowest BCUT2D eigenvalue weighted by Crippen LogP contribution is -2.41. The molecule has 0 saturated carbocycles. The Morgan fingerprint density at radius 2 is 1.91 bits per heavy atom. The van der Waals surface area contributed by atoms with Crippen molar-refractivity contribution in [3.63, 3.8) is 0 Å². The van der Waals surface area contributed by atoms with Gasteiger partial charge in [-0.05, 0) is 63.7 Å². The number of hydrogen-bond acceptors (Lipinski definition) is 5. The Morgan fingerprint density at radius 1 is 1.19 bits per heavy atom. The van der Waals surface area contributed by atoms with Crippen LogP contribution in [0, 0.1) is 11.8 Å². The fourth-order valence-corrected chi connectivity index (χ4v) is 4.42. The molecule has 2 saturated heterocycles. The van der Waals surface area contributed by atoms with Crippen LogP contribution < -0.4 is 21.3 Å². The molecular weight excluding hydrogens is 517 g/mol. The zero-order valence-corrected chi connectivity index (χ0v) is 21.9. The van der Waals surface area contributed by atoms with E-state index in [0.29, 0.717) is 6.54 Å². The second-order valence-electron chi connectivity index (χ2n) is 8.88. The number of pyridine rings is 1. The Hall–Kier alpha value is -1.62. The van der Waals surface area contributed by atoms with Crippen LogP contribution in [0.2, 0.25) is 0 Å². The number of aromatic nitrogens is 1. The first-order chi connectivity index (χ1) is 15.1. The van der Waals surface area contributed by atoms with Crippen LogP contribution in [-0.2, 0) is 11.3 Å². The molecule has 2 aliphatic heterocycles. The Labute approximate surface area is 209 Å². The number of primary amides is 1. The molecule has 180 valence electrons. The summed E-state index contributed by atoms with van der Waals surface area (Å²) in [7, 11) is 1.81. The molecule has 0 bridgehead atoms. The Kier molecular flexibility index (Phi) is 11.5. The molecule has 0 aromatic carbocycles. The molecule has 9 heteroatoms. The lowest BCUT2D eigenvalue weighted by molar-refractivity contribution is -0.122. The first-order valence-electron chi connectivity index (χ1n) is 11.7. The van der Waals surface area contributed by atoms with Crippen molar-refractivity contribution in [3.05, 3.63) is 23.9 Å². The smallest absolute Gasteiger partial charge is 0.220 e. The molecule has 32 heavy (non-hydrogen) atoms. The quantitative estimate of drug-likeness (QED) is 0.196. The van der Waals surface area contributed by atoms with Crippen LogP contribution in [0.4, 0.5) is 5.82 Å². The summed E-state index contributed by atoms with van der Waals surface area (Å²) in [4.78, 5) is 25.2. The number of carbonyl (C=O) groups excluding carboxylic acids is 1. The molecule has 0 aliphatic carbocycles. The molecule has 8 nitrogen and oxygen atoms in total. The van der Waals surface area contributed by atoms with Crippen LogP contribution in [0.15, 0.2) is 23.3 Å². The molecule has 1 amide bonds. The van der Waals surface area contributed by atoms with Crippen LogP contribution in [0.5, 0.6) is 0 Å². The minimum absolute atomic E-state index is 0. The summed E-state index contributed by atoms with van der Waals surface area (Å²) >= 11 is 0. The summed E-state index contributed by atoms with van der Waals surface area (Å²) < 4.78 is 0. The van der Waals surface area contributed by atoms with Crippen molar-refractivity contribution in [2.24, 2.45) is 22.6 Å². The van der Waals surface area contributed by atoms with Gasteiger partial charge in [-0.15, -0.1) is 24.0 Å². The largest absolute Gasteiger partial charge is 0.369 e. The van der Waals surface area contributed by atoms with E-state index in [1.807, 2.05) is 12.3 Å². The zero-order valence-electron chi connectivity index (χ0n) is 19.6. The van der Waals surface area contributed by atoms with E-state index in [1.165, 1.54) is 25.9 Å². The minimum Gasteiger partial charge on any atom is -0.369 e. The molecule has 1 aromatic rings. The molecule has 0 atom stereocenters. The van der Waals surface area contributed by atoms with Crippen LogP contribution in [-0.4, -0.2) is 68.1 Å². The van der Waals surface area contributed by atoms with Crippen molar-refractivity contribution in [3.8, 4) is 0 Å². The number of nitrogens with one attached hydrogen (secondary N) is 2. The Balaban J connectivity index is 0.00000363. The first-order valence-corrected chi connectivity index (χ1v) is 11.7. The molecule has 0 unspecified atom stereocenters. The first kappa shape index (κ1) is 26.6. The van der Waals surface area contributed by atoms with Crippen LogP contribution in [0.3, 0.4) is 0 Å². The fraction of sp³-hybridized carbons (Fsp3) is 0.696. The number of halogens is 1. The number of hydrogen-bond donors (Lipinski definition) is 3. The highest BCUT2D eigenvalue weighted by Gasteiger charge is 2.25. The Bertz CT molecular complexity index is 729. The van der Waals surface area contributed by atoms with Gasteiger partial charge in [0.1, 0.15) is 5.82 Å². The third-order valence-electron chi connectivity index (χ3n) is 6.55. The number of nitrogens with two attached hydrogens (primary N) is 1. The highest BCUT2D eigenvalue weighted by atomic mass is 127. The van der Waals surface area contributed by atoms with E-state index in [2.05, 4.69) is 43.4 Å². The lowest BCUT2D eigenvalue weighted by Gasteiger charge is -2.32. The van der Waals surface area contributed by atoms with Gasteiger partial charge < -0.3 is 26.2 Å². The summed E-state index contributed by atoms with van der Waals surface area (Å²) in [6.07, 6.45) is 7.17. The van der Waals surface area contributed by atoms with Crippen molar-refractivity contribution in [1.82, 2.24) is 20.5 Å². The van der Waals surface area contributed by atoms with Gasteiger partial charge in [-0.25, -0.2) is 4.98 Å². The average Bonchev–Trinajstić information content (AvgIpc) is 2.80. The van der Waals surface area contributed by atoms with Gasteiger partial charge in [-0.1, -0.05) is 13.0 Å². The van der Waals surface area contributed by atoms with E-state index in [9.17, 15) is 4.79 Å². The predicted octanol–water partition coefficient (Wildman–Crippen LogP) is 2.19. The Morgan fingerprint density at radius 3 is 2.56 bits per heavy atom. The maximum atomic E-state index is 11.4. The predicted molar refractivity (Wildman–Crippen MR) is 141 cm³/mol. The zero-order chi connectivity index (χ0) is 22.1. The highest BCUT2D eigenvalue weighted by molar-refractivity contribution is 14.0. The van der Waals surface area contributed by atoms with E-state index in [0.717, 1.165) is 68.7 Å². The molecule has 3 heterocycles. The number of guanidine groups is 1. The number of anilines is 1. The maximum absolute atomic E-state index is 11.4. The summed E-state index contributed by atoms with van der Waals surface area (Å²) in [5.41, 5.74) is 6.60. The monoisotopic (exact) mass is 557 g/mol. The number of aliphatic imine (C=N–C) groups is 1. The van der Waals surface area contributed by atoms with Crippen LogP contribution in [0.1, 0.15) is 44.6 Å². The SMILES string of the molecule is CN=C(NCCCN1CCC(C)CC1)NCc1cccnc1N1CCC(C(N)=O)CC1.I. The molecule has 2 fully saturated rings. The number of piperidine rings is 2. The summed E-state index contributed by atoms with van der Waals surface area (Å²) in [6.45, 7) is 9.13. The van der Waals surface area contributed by atoms with Gasteiger partial charge >= 0.3 is 0 Å². The van der Waals surface area contributed by atoms with Gasteiger partial charge in [-0.3, -0.25) is 9.79 Å². The number of nitrogens with zero attached hydrogens (tertiary/aromatic N) is 4. The van der Waals surface area contributed by atoms with Gasteiger partial charge in [-0.2, -0.15) is 0 Å². The number of likely N-dealkylation sites (tertiary alicyclic amines) is 1. The summed E-state index contributed by atoms with van der Waals surface area (Å²) in [5, 5.41) is 6.85. The van der Waals surface area contributed by atoms with Crippen molar-refractivity contribution in [2.75, 3.05) is 51.2 Å². The minimum atomic E-state index is -0.188. The van der Waals surface area contributed by atoms with E-state index in [-0.39, 0.29) is 35.8 Å². The highest BCUT2D eigenvalue weighted by Crippen LogP contribution is 2.24. The third kappa shape index (κ3) is 8.06. The van der Waals surface area contributed by atoms with Crippen molar-refractivity contribution in [2.45, 2.75) is 45.6 Å². The van der Waals surface area contributed by atoms with E-state index >= 15 is 0 Å². The van der Waals surface area contributed by atoms with Crippen molar-refractivity contribution < 1.29 is 4.79 Å². The number of amides is 1. The molecule has 3 rings (SSSR count). The fourth-order valence-electron chi connectivity index (χ4n) is 4.42. The third-order valence-corrected chi connectivity index (χ3v) is 6.55. The van der Waals surface area contributed by atoms with Crippen LogP contribution in [0.25, 0.3) is 0 Å². The van der Waals surface area contributed by atoms with Crippen molar-refractivity contribution in [1.29, 1.82) is 0 Å². The van der Waals surface area contributed by atoms with Gasteiger partial charge in [0.05, 0.1) is 0 Å². The number of carbonyl (C=O) groups is 1. The molecular formula is C23H40IN7O.